The summed E-state index contributed by atoms with van der Waals surface area (Å²) in [5, 5.41) is 4.60. The second-order valence-corrected chi connectivity index (χ2v) is 7.43. The third-order valence-corrected chi connectivity index (χ3v) is 5.55. The summed E-state index contributed by atoms with van der Waals surface area (Å²) in [6.45, 7) is 4.44. The summed E-state index contributed by atoms with van der Waals surface area (Å²) in [6, 6.07) is 8.56. The fourth-order valence-electron chi connectivity index (χ4n) is 2.57. The second kappa shape index (κ2) is 6.23. The van der Waals surface area contributed by atoms with Crippen LogP contribution in [0.1, 0.15) is 21.1 Å². The Hall–Kier alpha value is -1.27. The topological polar surface area (TPSA) is 42.2 Å². The Morgan fingerprint density at radius 1 is 1.24 bits per heavy atom. The largest absolute Gasteiger partial charge is 0.326 e. The monoisotopic (exact) mass is 317 g/mol. The number of rotatable bonds is 5. The highest BCUT2D eigenvalue weighted by Gasteiger charge is 2.13. The van der Waals surface area contributed by atoms with Crippen LogP contribution in [0.25, 0.3) is 10.1 Å². The van der Waals surface area contributed by atoms with Gasteiger partial charge in [-0.05, 0) is 31.0 Å². The quantitative estimate of drug-likeness (QED) is 0.779. The van der Waals surface area contributed by atoms with Crippen molar-refractivity contribution in [2.75, 3.05) is 7.05 Å². The molecule has 0 amide bonds. The van der Waals surface area contributed by atoms with E-state index in [4.69, 9.17) is 5.73 Å². The third-order valence-electron chi connectivity index (χ3n) is 3.49. The van der Waals surface area contributed by atoms with Crippen LogP contribution in [-0.4, -0.2) is 16.9 Å². The molecule has 0 radical (unpaired) electrons. The average Bonchev–Trinajstić information content (AvgIpc) is 3.03. The van der Waals surface area contributed by atoms with E-state index in [-0.39, 0.29) is 0 Å². The van der Waals surface area contributed by atoms with Gasteiger partial charge in [0.15, 0.2) is 0 Å². The molecule has 2 aromatic heterocycles. The Bertz CT molecular complexity index is 745. The van der Waals surface area contributed by atoms with Crippen LogP contribution in [-0.2, 0) is 19.6 Å². The Morgan fingerprint density at radius 3 is 2.76 bits per heavy atom. The summed E-state index contributed by atoms with van der Waals surface area (Å²) in [5.41, 5.74) is 8.44. The lowest BCUT2D eigenvalue weighted by Crippen LogP contribution is -2.18. The maximum absolute atomic E-state index is 5.93. The van der Waals surface area contributed by atoms with Crippen LogP contribution in [0.2, 0.25) is 0 Å². The van der Waals surface area contributed by atoms with Crippen LogP contribution in [0.15, 0.2) is 29.6 Å². The molecule has 3 rings (SSSR count). The minimum atomic E-state index is 0.609. The number of fused-ring (bicyclic) bond motifs is 1. The molecule has 0 fully saturated rings. The van der Waals surface area contributed by atoms with E-state index in [9.17, 15) is 0 Å². The van der Waals surface area contributed by atoms with E-state index < -0.39 is 0 Å². The maximum atomic E-state index is 5.93. The predicted octanol–water partition coefficient (Wildman–Crippen LogP) is 3.76. The summed E-state index contributed by atoms with van der Waals surface area (Å²) in [4.78, 5) is 8.14. The van der Waals surface area contributed by atoms with Crippen molar-refractivity contribution in [2.24, 2.45) is 5.73 Å². The van der Waals surface area contributed by atoms with Gasteiger partial charge in [-0.1, -0.05) is 18.2 Å². The molecule has 0 unspecified atom stereocenters. The summed E-state index contributed by atoms with van der Waals surface area (Å²) < 4.78 is 1.32. The molecular formula is C16H19N3S2. The minimum absolute atomic E-state index is 0.609. The number of thiazole rings is 1. The first kappa shape index (κ1) is 14.7. The van der Waals surface area contributed by atoms with Crippen molar-refractivity contribution in [3.63, 3.8) is 0 Å². The number of aryl methyl sites for hydroxylation is 1. The summed E-state index contributed by atoms with van der Waals surface area (Å²) in [5.74, 6) is 0. The molecule has 0 aliphatic carbocycles. The summed E-state index contributed by atoms with van der Waals surface area (Å²) in [7, 11) is 2.14. The van der Waals surface area contributed by atoms with Crippen molar-refractivity contribution in [1.82, 2.24) is 9.88 Å². The van der Waals surface area contributed by atoms with Gasteiger partial charge >= 0.3 is 0 Å². The zero-order valence-corrected chi connectivity index (χ0v) is 13.9. The average molecular weight is 317 g/mol. The van der Waals surface area contributed by atoms with Gasteiger partial charge in [-0.2, -0.15) is 0 Å². The Morgan fingerprint density at radius 2 is 2.05 bits per heavy atom. The molecule has 0 saturated heterocycles. The lowest BCUT2D eigenvalue weighted by Gasteiger charge is -2.16. The molecule has 0 spiro atoms. The van der Waals surface area contributed by atoms with Crippen molar-refractivity contribution >= 4 is 32.8 Å². The molecule has 0 saturated carbocycles. The molecule has 0 aliphatic heterocycles. The first-order chi connectivity index (χ1) is 10.2. The van der Waals surface area contributed by atoms with E-state index in [0.717, 1.165) is 23.8 Å². The van der Waals surface area contributed by atoms with Crippen LogP contribution in [0.3, 0.4) is 0 Å². The van der Waals surface area contributed by atoms with Crippen molar-refractivity contribution in [1.29, 1.82) is 0 Å². The smallest absolute Gasteiger partial charge is 0.0897 e. The van der Waals surface area contributed by atoms with Gasteiger partial charge < -0.3 is 5.73 Å². The lowest BCUT2D eigenvalue weighted by molar-refractivity contribution is 0.316. The summed E-state index contributed by atoms with van der Waals surface area (Å²) >= 11 is 3.52. The molecule has 1 aromatic carbocycles. The van der Waals surface area contributed by atoms with Crippen LogP contribution < -0.4 is 5.73 Å². The summed E-state index contributed by atoms with van der Waals surface area (Å²) in [6.07, 6.45) is 0. The third kappa shape index (κ3) is 3.16. The number of benzene rings is 1. The molecule has 3 aromatic rings. The van der Waals surface area contributed by atoms with E-state index in [2.05, 4.69) is 46.6 Å². The van der Waals surface area contributed by atoms with Crippen molar-refractivity contribution in [2.45, 2.75) is 26.6 Å². The number of thiophene rings is 1. The van der Waals surface area contributed by atoms with E-state index in [1.807, 2.05) is 18.3 Å². The first-order valence-electron chi connectivity index (χ1n) is 6.96. The van der Waals surface area contributed by atoms with Crippen molar-refractivity contribution < 1.29 is 0 Å². The zero-order chi connectivity index (χ0) is 14.8. The first-order valence-corrected chi connectivity index (χ1v) is 8.66. The van der Waals surface area contributed by atoms with Gasteiger partial charge in [0, 0.05) is 34.6 Å². The highest BCUT2D eigenvalue weighted by atomic mass is 32.1. The normalized spacial score (nSPS) is 11.6. The maximum Gasteiger partial charge on any atom is 0.0897 e. The van der Waals surface area contributed by atoms with E-state index in [0.29, 0.717) is 6.54 Å². The number of hydrogen-bond donors (Lipinski definition) is 1. The van der Waals surface area contributed by atoms with Crippen LogP contribution in [0.5, 0.6) is 0 Å². The minimum Gasteiger partial charge on any atom is -0.326 e. The molecule has 5 heteroatoms. The molecule has 0 aliphatic rings. The number of aromatic nitrogens is 1. The number of nitrogens with two attached hydrogens (primary N) is 1. The van der Waals surface area contributed by atoms with E-state index in [1.165, 1.54) is 20.5 Å². The fourth-order valence-corrected chi connectivity index (χ4v) is 4.27. The van der Waals surface area contributed by atoms with Gasteiger partial charge in [-0.15, -0.1) is 22.7 Å². The van der Waals surface area contributed by atoms with Crippen LogP contribution >= 0.6 is 22.7 Å². The van der Waals surface area contributed by atoms with Gasteiger partial charge in [0.05, 0.1) is 10.7 Å². The molecule has 3 nitrogen and oxygen atoms in total. The molecule has 0 bridgehead atoms. The van der Waals surface area contributed by atoms with Gasteiger partial charge in [-0.25, -0.2) is 4.98 Å². The Labute approximate surface area is 133 Å². The second-order valence-electron chi connectivity index (χ2n) is 5.23. The molecule has 2 N–H and O–H groups in total. The Kier molecular flexibility index (Phi) is 4.35. The molecule has 21 heavy (non-hydrogen) atoms. The highest BCUT2D eigenvalue weighted by Crippen LogP contribution is 2.32. The number of nitrogens with zero attached hydrogens (tertiary/aromatic N) is 2. The van der Waals surface area contributed by atoms with Gasteiger partial charge in [0.2, 0.25) is 0 Å². The van der Waals surface area contributed by atoms with Crippen molar-refractivity contribution in [3.8, 4) is 0 Å². The Balaban J connectivity index is 1.83. The standard InChI is InChI=1S/C16H19N3S2/c1-11-18-12(10-20-11)8-19(2)9-14-13-5-3-4-6-15(13)21-16(14)7-17/h3-6,10H,7-9,17H2,1-2H3. The number of hydrogen-bond acceptors (Lipinski definition) is 5. The predicted molar refractivity (Wildman–Crippen MR) is 91.7 cm³/mol. The molecule has 2 heterocycles. The molecule has 0 atom stereocenters. The lowest BCUT2D eigenvalue weighted by atomic mass is 10.1. The van der Waals surface area contributed by atoms with Crippen LogP contribution in [0, 0.1) is 6.92 Å². The van der Waals surface area contributed by atoms with Crippen LogP contribution in [0.4, 0.5) is 0 Å². The SMILES string of the molecule is Cc1nc(CN(C)Cc2c(CN)sc3ccccc23)cs1. The molecule has 110 valence electrons. The van der Waals surface area contributed by atoms with E-state index >= 15 is 0 Å². The fraction of sp³-hybridized carbons (Fsp3) is 0.312. The van der Waals surface area contributed by atoms with Gasteiger partial charge in [0.25, 0.3) is 0 Å². The highest BCUT2D eigenvalue weighted by molar-refractivity contribution is 7.19. The van der Waals surface area contributed by atoms with Gasteiger partial charge in [0.1, 0.15) is 0 Å². The van der Waals surface area contributed by atoms with Crippen molar-refractivity contribution in [3.05, 3.63) is 50.8 Å². The van der Waals surface area contributed by atoms with E-state index in [1.54, 1.807) is 11.3 Å². The molecular weight excluding hydrogens is 298 g/mol. The van der Waals surface area contributed by atoms with Gasteiger partial charge in [-0.3, -0.25) is 4.90 Å². The zero-order valence-electron chi connectivity index (χ0n) is 12.3.